The van der Waals surface area contributed by atoms with Gasteiger partial charge < -0.3 is 10.4 Å². The van der Waals surface area contributed by atoms with E-state index in [1.54, 1.807) is 0 Å². The summed E-state index contributed by atoms with van der Waals surface area (Å²) in [4.78, 5) is 0. The number of hydrogen-bond donors (Lipinski definition) is 2. The number of unbranched alkanes of at least 4 members (excludes halogenated alkanes) is 3. The van der Waals surface area contributed by atoms with Gasteiger partial charge in [-0.2, -0.15) is 0 Å². The van der Waals surface area contributed by atoms with Crippen LogP contribution in [0.5, 0.6) is 0 Å². The first-order valence-electron chi connectivity index (χ1n) is 6.18. The molecule has 0 aromatic heterocycles. The Morgan fingerprint density at radius 1 is 1.13 bits per heavy atom. The van der Waals surface area contributed by atoms with E-state index in [1.165, 1.54) is 12.8 Å². The van der Waals surface area contributed by atoms with Gasteiger partial charge in [0.05, 0.1) is 6.10 Å². The summed E-state index contributed by atoms with van der Waals surface area (Å²) in [5.74, 6) is 2.66. The number of rotatable bonds is 6. The molecule has 86 valence electrons. The maximum atomic E-state index is 9.35. The fourth-order valence-electron chi connectivity index (χ4n) is 2.11. The molecule has 2 nitrogen and oxygen atoms in total. The average molecular weight is 209 g/mol. The van der Waals surface area contributed by atoms with Gasteiger partial charge in [0.2, 0.25) is 0 Å². The van der Waals surface area contributed by atoms with E-state index >= 15 is 0 Å². The first-order chi connectivity index (χ1) is 7.33. The van der Waals surface area contributed by atoms with Crippen LogP contribution in [0.2, 0.25) is 0 Å². The average Bonchev–Trinajstić information content (AvgIpc) is 2.26. The van der Waals surface area contributed by atoms with Gasteiger partial charge >= 0.3 is 0 Å². The van der Waals surface area contributed by atoms with Gasteiger partial charge in [-0.15, -0.1) is 12.3 Å². The van der Waals surface area contributed by atoms with E-state index in [9.17, 15) is 5.11 Å². The third-order valence-electron chi connectivity index (χ3n) is 3.13. The van der Waals surface area contributed by atoms with Crippen molar-refractivity contribution in [1.82, 2.24) is 5.32 Å². The lowest BCUT2D eigenvalue weighted by Gasteiger charge is -2.26. The Hall–Kier alpha value is -0.520. The van der Waals surface area contributed by atoms with Crippen LogP contribution in [0.4, 0.5) is 0 Å². The molecule has 0 bridgehead atoms. The van der Waals surface area contributed by atoms with Gasteiger partial charge in [0.1, 0.15) is 0 Å². The second-order valence-corrected chi connectivity index (χ2v) is 4.47. The lowest BCUT2D eigenvalue weighted by molar-refractivity contribution is 0.117. The zero-order valence-electron chi connectivity index (χ0n) is 9.54. The second kappa shape index (κ2) is 7.73. The summed E-state index contributed by atoms with van der Waals surface area (Å²) in [5.41, 5.74) is 0. The van der Waals surface area contributed by atoms with E-state index in [4.69, 9.17) is 6.42 Å². The third-order valence-corrected chi connectivity index (χ3v) is 3.13. The molecule has 0 unspecified atom stereocenters. The van der Waals surface area contributed by atoms with Crippen LogP contribution in [0.1, 0.15) is 51.4 Å². The summed E-state index contributed by atoms with van der Waals surface area (Å²) in [5, 5.41) is 12.9. The summed E-state index contributed by atoms with van der Waals surface area (Å²) < 4.78 is 0. The predicted molar refractivity (Wildman–Crippen MR) is 63.6 cm³/mol. The Balaban J connectivity index is 1.90. The van der Waals surface area contributed by atoms with Crippen molar-refractivity contribution in [3.8, 4) is 12.3 Å². The molecule has 2 N–H and O–H groups in total. The molecule has 1 saturated carbocycles. The Labute approximate surface area is 93.5 Å². The Bertz CT molecular complexity index is 189. The maximum Gasteiger partial charge on any atom is 0.0541 e. The minimum Gasteiger partial charge on any atom is -0.393 e. The highest BCUT2D eigenvalue weighted by Gasteiger charge is 2.18. The molecule has 0 heterocycles. The van der Waals surface area contributed by atoms with Crippen molar-refractivity contribution in [2.75, 3.05) is 6.54 Å². The highest BCUT2D eigenvalue weighted by Crippen LogP contribution is 2.18. The molecule has 0 amide bonds. The largest absolute Gasteiger partial charge is 0.393 e. The lowest BCUT2D eigenvalue weighted by atomic mass is 9.93. The molecule has 0 radical (unpaired) electrons. The molecular weight excluding hydrogens is 186 g/mol. The van der Waals surface area contributed by atoms with Crippen LogP contribution in [0, 0.1) is 12.3 Å². The van der Waals surface area contributed by atoms with Gasteiger partial charge in [-0.05, 0) is 45.1 Å². The van der Waals surface area contributed by atoms with Gasteiger partial charge in [-0.3, -0.25) is 0 Å². The first-order valence-corrected chi connectivity index (χ1v) is 6.18. The van der Waals surface area contributed by atoms with E-state index in [2.05, 4.69) is 11.2 Å². The molecule has 2 heteroatoms. The van der Waals surface area contributed by atoms with Crippen LogP contribution in [-0.2, 0) is 0 Å². The van der Waals surface area contributed by atoms with E-state index in [1.807, 2.05) is 0 Å². The minimum absolute atomic E-state index is 0.0429. The molecule has 0 aliphatic heterocycles. The zero-order valence-corrected chi connectivity index (χ0v) is 9.54. The van der Waals surface area contributed by atoms with Crippen molar-refractivity contribution >= 4 is 0 Å². The molecule has 1 fully saturated rings. The Morgan fingerprint density at radius 2 is 1.87 bits per heavy atom. The normalized spacial score (nSPS) is 26.1. The monoisotopic (exact) mass is 209 g/mol. The zero-order chi connectivity index (χ0) is 10.9. The van der Waals surface area contributed by atoms with Crippen LogP contribution in [0.25, 0.3) is 0 Å². The SMILES string of the molecule is C#CCCCCCNC1CCC(O)CC1. The van der Waals surface area contributed by atoms with E-state index in [0.717, 1.165) is 45.1 Å². The van der Waals surface area contributed by atoms with Crippen molar-refractivity contribution in [3.63, 3.8) is 0 Å². The maximum absolute atomic E-state index is 9.35. The van der Waals surface area contributed by atoms with Gasteiger partial charge in [0.15, 0.2) is 0 Å². The van der Waals surface area contributed by atoms with Gasteiger partial charge in [0, 0.05) is 12.5 Å². The van der Waals surface area contributed by atoms with Crippen molar-refractivity contribution < 1.29 is 5.11 Å². The number of aliphatic hydroxyl groups is 1. The molecule has 0 saturated heterocycles. The molecule has 0 atom stereocenters. The molecule has 1 rings (SSSR count). The summed E-state index contributed by atoms with van der Waals surface area (Å²) in [6.45, 7) is 1.10. The third kappa shape index (κ3) is 5.81. The molecule has 0 aromatic rings. The van der Waals surface area contributed by atoms with E-state index < -0.39 is 0 Å². The Morgan fingerprint density at radius 3 is 2.53 bits per heavy atom. The number of nitrogens with one attached hydrogen (secondary N) is 1. The van der Waals surface area contributed by atoms with Gasteiger partial charge in [-0.25, -0.2) is 0 Å². The van der Waals surface area contributed by atoms with Crippen LogP contribution < -0.4 is 5.32 Å². The minimum atomic E-state index is -0.0429. The number of terminal acetylenes is 1. The molecule has 0 aromatic carbocycles. The lowest BCUT2D eigenvalue weighted by Crippen LogP contribution is -2.35. The highest BCUT2D eigenvalue weighted by molar-refractivity contribution is 4.83. The molecule has 1 aliphatic rings. The summed E-state index contributed by atoms with van der Waals surface area (Å²) in [6, 6.07) is 0.640. The van der Waals surface area contributed by atoms with Crippen molar-refractivity contribution in [3.05, 3.63) is 0 Å². The molecule has 0 spiro atoms. The number of aliphatic hydroxyl groups excluding tert-OH is 1. The van der Waals surface area contributed by atoms with Crippen LogP contribution in [-0.4, -0.2) is 23.8 Å². The van der Waals surface area contributed by atoms with Gasteiger partial charge in [0.25, 0.3) is 0 Å². The van der Waals surface area contributed by atoms with Crippen molar-refractivity contribution in [2.45, 2.75) is 63.5 Å². The summed E-state index contributed by atoms with van der Waals surface area (Å²) >= 11 is 0. The predicted octanol–water partition coefficient (Wildman–Crippen LogP) is 2.07. The fourth-order valence-corrected chi connectivity index (χ4v) is 2.11. The molecular formula is C13H23NO. The standard InChI is InChI=1S/C13H23NO/c1-2-3-4-5-6-11-14-12-7-9-13(15)10-8-12/h1,12-15H,3-11H2. The highest BCUT2D eigenvalue weighted by atomic mass is 16.3. The smallest absolute Gasteiger partial charge is 0.0541 e. The molecule has 15 heavy (non-hydrogen) atoms. The van der Waals surface area contributed by atoms with Crippen molar-refractivity contribution in [2.24, 2.45) is 0 Å². The van der Waals surface area contributed by atoms with E-state index in [-0.39, 0.29) is 6.10 Å². The second-order valence-electron chi connectivity index (χ2n) is 4.47. The van der Waals surface area contributed by atoms with Crippen molar-refractivity contribution in [1.29, 1.82) is 0 Å². The summed E-state index contributed by atoms with van der Waals surface area (Å²) in [6.07, 6.45) is 13.9. The van der Waals surface area contributed by atoms with Crippen LogP contribution >= 0.6 is 0 Å². The van der Waals surface area contributed by atoms with Crippen LogP contribution in [0.3, 0.4) is 0 Å². The topological polar surface area (TPSA) is 32.3 Å². The quantitative estimate of drug-likeness (QED) is 0.518. The first kappa shape index (κ1) is 12.5. The fraction of sp³-hybridized carbons (Fsp3) is 0.846. The van der Waals surface area contributed by atoms with Gasteiger partial charge in [-0.1, -0.05) is 6.42 Å². The van der Waals surface area contributed by atoms with E-state index in [0.29, 0.717) is 6.04 Å². The molecule has 1 aliphatic carbocycles. The summed E-state index contributed by atoms with van der Waals surface area (Å²) in [7, 11) is 0. The number of hydrogen-bond acceptors (Lipinski definition) is 2. The Kier molecular flexibility index (Phi) is 6.47. The van der Waals surface area contributed by atoms with Crippen LogP contribution in [0.15, 0.2) is 0 Å².